The fourth-order valence-corrected chi connectivity index (χ4v) is 3.99. The Morgan fingerprint density at radius 3 is 2.65 bits per heavy atom. The molecule has 0 fully saturated rings. The lowest BCUT2D eigenvalue weighted by Crippen LogP contribution is -2.34. The molecule has 3 aromatic rings. The molecule has 0 saturated heterocycles. The molecule has 132 valence electrons. The van der Waals surface area contributed by atoms with Crippen LogP contribution in [0.3, 0.4) is 0 Å². The van der Waals surface area contributed by atoms with Crippen LogP contribution >= 0.6 is 35.2 Å². The Hall–Kier alpha value is -2.55. The van der Waals surface area contributed by atoms with Crippen LogP contribution < -0.4 is 10.6 Å². The first-order chi connectivity index (χ1) is 12.4. The van der Waals surface area contributed by atoms with Gasteiger partial charge in [0.2, 0.25) is 0 Å². The molecule has 2 aromatic carbocycles. The van der Waals surface area contributed by atoms with Crippen molar-refractivity contribution in [3.05, 3.63) is 68.0 Å². The summed E-state index contributed by atoms with van der Waals surface area (Å²) in [5.74, 6) is -0.409. The van der Waals surface area contributed by atoms with Gasteiger partial charge in [0.25, 0.3) is 11.6 Å². The zero-order valence-corrected chi connectivity index (χ0v) is 15.8. The molecule has 0 saturated carbocycles. The van der Waals surface area contributed by atoms with Crippen LogP contribution in [0, 0.1) is 17.0 Å². The van der Waals surface area contributed by atoms with Crippen LogP contribution in [0.5, 0.6) is 0 Å². The maximum absolute atomic E-state index is 12.5. The molecule has 0 spiro atoms. The molecule has 1 amide bonds. The smallest absolute Gasteiger partial charge is 0.269 e. The number of nitrogens with one attached hydrogen (secondary N) is 2. The van der Waals surface area contributed by atoms with E-state index in [-0.39, 0.29) is 10.8 Å². The van der Waals surface area contributed by atoms with Crippen molar-refractivity contribution in [1.82, 2.24) is 5.32 Å². The van der Waals surface area contributed by atoms with Gasteiger partial charge >= 0.3 is 0 Å². The minimum absolute atomic E-state index is 0.0138. The fraction of sp³-hybridized carbons (Fsp3) is 0.0588. The average molecular weight is 406 g/mol. The number of benzene rings is 2. The van der Waals surface area contributed by atoms with Gasteiger partial charge < -0.3 is 5.32 Å². The average Bonchev–Trinajstić information content (AvgIpc) is 2.94. The molecule has 1 aromatic heterocycles. The van der Waals surface area contributed by atoms with Crippen molar-refractivity contribution in [2.24, 2.45) is 0 Å². The number of fused-ring (bicyclic) bond motifs is 1. The Balaban J connectivity index is 1.74. The summed E-state index contributed by atoms with van der Waals surface area (Å²) in [6.45, 7) is 1.71. The number of nitro benzene ring substituents is 1. The number of hydrogen-bond acceptors (Lipinski definition) is 5. The van der Waals surface area contributed by atoms with Crippen molar-refractivity contribution in [2.75, 3.05) is 5.32 Å². The van der Waals surface area contributed by atoms with Crippen molar-refractivity contribution in [2.45, 2.75) is 6.92 Å². The number of halogens is 1. The van der Waals surface area contributed by atoms with Crippen molar-refractivity contribution >= 4 is 67.6 Å². The van der Waals surface area contributed by atoms with E-state index in [1.165, 1.54) is 23.5 Å². The molecular weight excluding hydrogens is 394 g/mol. The van der Waals surface area contributed by atoms with Crippen LogP contribution in [0.4, 0.5) is 11.4 Å². The predicted molar refractivity (Wildman–Crippen MR) is 108 cm³/mol. The fourth-order valence-electron chi connectivity index (χ4n) is 2.38. The van der Waals surface area contributed by atoms with Gasteiger partial charge in [-0.3, -0.25) is 20.2 Å². The van der Waals surface area contributed by atoms with Gasteiger partial charge in [0.1, 0.15) is 4.88 Å². The largest absolute Gasteiger partial charge is 0.332 e. The monoisotopic (exact) mass is 405 g/mol. The van der Waals surface area contributed by atoms with Gasteiger partial charge in [-0.2, -0.15) is 0 Å². The number of hydrogen-bond donors (Lipinski definition) is 2. The summed E-state index contributed by atoms with van der Waals surface area (Å²) < 4.78 is 0.910. The van der Waals surface area contributed by atoms with Gasteiger partial charge in [-0.15, -0.1) is 11.3 Å². The van der Waals surface area contributed by atoms with E-state index < -0.39 is 10.8 Å². The number of non-ortho nitro benzene ring substituents is 1. The van der Waals surface area contributed by atoms with E-state index in [1.807, 2.05) is 24.3 Å². The number of carbonyl (C=O) groups excluding carboxylic acids is 1. The standard InChI is InChI=1S/C17H12ClN3O3S2/c1-9-8-10(21(23)24)6-7-12(9)19-17(25)20-16(22)15-14(18)11-4-2-3-5-13(11)26-15/h2-8H,1H3,(H2,19,20,22,25). The third kappa shape index (κ3) is 3.67. The lowest BCUT2D eigenvalue weighted by atomic mass is 10.2. The number of amides is 1. The highest BCUT2D eigenvalue weighted by molar-refractivity contribution is 7.80. The molecule has 0 unspecified atom stereocenters. The number of nitro groups is 1. The van der Waals surface area contributed by atoms with E-state index in [0.29, 0.717) is 21.2 Å². The summed E-state index contributed by atoms with van der Waals surface area (Å²) in [6, 6.07) is 11.8. The number of rotatable bonds is 3. The van der Waals surface area contributed by atoms with Crippen LogP contribution in [0.2, 0.25) is 5.02 Å². The number of anilines is 1. The zero-order valence-electron chi connectivity index (χ0n) is 13.4. The van der Waals surface area contributed by atoms with E-state index >= 15 is 0 Å². The molecule has 0 radical (unpaired) electrons. The molecule has 6 nitrogen and oxygen atoms in total. The molecule has 1 heterocycles. The summed E-state index contributed by atoms with van der Waals surface area (Å²) in [5, 5.41) is 17.5. The van der Waals surface area contributed by atoms with E-state index in [4.69, 9.17) is 23.8 Å². The third-order valence-corrected chi connectivity index (χ3v) is 5.52. The summed E-state index contributed by atoms with van der Waals surface area (Å²) in [7, 11) is 0. The van der Waals surface area contributed by atoms with Crippen molar-refractivity contribution in [1.29, 1.82) is 0 Å². The Labute approximate surface area is 162 Å². The molecule has 9 heteroatoms. The van der Waals surface area contributed by atoms with Crippen molar-refractivity contribution in [3.8, 4) is 0 Å². The summed E-state index contributed by atoms with van der Waals surface area (Å²) >= 11 is 12.7. The molecule has 2 N–H and O–H groups in total. The highest BCUT2D eigenvalue weighted by atomic mass is 35.5. The Bertz CT molecular complexity index is 1050. The van der Waals surface area contributed by atoms with Crippen LogP contribution in [-0.4, -0.2) is 15.9 Å². The van der Waals surface area contributed by atoms with Crippen molar-refractivity contribution in [3.63, 3.8) is 0 Å². The zero-order chi connectivity index (χ0) is 18.8. The van der Waals surface area contributed by atoms with Gasteiger partial charge in [0.15, 0.2) is 5.11 Å². The Kier molecular flexibility index (Phi) is 5.17. The van der Waals surface area contributed by atoms with Crippen LogP contribution in [0.1, 0.15) is 15.2 Å². The van der Waals surface area contributed by atoms with Crippen LogP contribution in [-0.2, 0) is 0 Å². The quantitative estimate of drug-likeness (QED) is 0.368. The third-order valence-electron chi connectivity index (χ3n) is 3.64. The topological polar surface area (TPSA) is 84.3 Å². The number of carbonyl (C=O) groups is 1. The molecule has 0 aliphatic rings. The van der Waals surface area contributed by atoms with Gasteiger partial charge in [-0.05, 0) is 36.8 Å². The number of thiocarbonyl (C=S) groups is 1. The minimum Gasteiger partial charge on any atom is -0.332 e. The van der Waals surface area contributed by atoms with Crippen LogP contribution in [0.25, 0.3) is 10.1 Å². The number of aryl methyl sites for hydroxylation is 1. The molecule has 3 rings (SSSR count). The first kappa shape index (κ1) is 18.2. The second-order valence-electron chi connectivity index (χ2n) is 5.41. The predicted octanol–water partition coefficient (Wildman–Crippen LogP) is 4.90. The molecule has 0 atom stereocenters. The Morgan fingerprint density at radius 2 is 2.00 bits per heavy atom. The van der Waals surface area contributed by atoms with Gasteiger partial charge in [-0.25, -0.2) is 0 Å². The van der Waals surface area contributed by atoms with E-state index in [9.17, 15) is 14.9 Å². The maximum atomic E-state index is 12.5. The second kappa shape index (κ2) is 7.36. The molecule has 0 aliphatic heterocycles. The summed E-state index contributed by atoms with van der Waals surface area (Å²) in [5.41, 5.74) is 1.19. The first-order valence-corrected chi connectivity index (χ1v) is 9.01. The number of thiophene rings is 1. The van der Waals surface area contributed by atoms with Gasteiger partial charge in [-0.1, -0.05) is 29.8 Å². The normalized spacial score (nSPS) is 10.5. The molecule has 26 heavy (non-hydrogen) atoms. The first-order valence-electron chi connectivity index (χ1n) is 7.41. The summed E-state index contributed by atoms with van der Waals surface area (Å²) in [4.78, 5) is 23.1. The highest BCUT2D eigenvalue weighted by Crippen LogP contribution is 2.35. The van der Waals surface area contributed by atoms with E-state index in [2.05, 4.69) is 10.6 Å². The highest BCUT2D eigenvalue weighted by Gasteiger charge is 2.18. The lowest BCUT2D eigenvalue weighted by Gasteiger charge is -2.11. The van der Waals surface area contributed by atoms with Crippen LogP contribution in [0.15, 0.2) is 42.5 Å². The SMILES string of the molecule is Cc1cc([N+](=O)[O-])ccc1NC(=S)NC(=O)c1sc2ccccc2c1Cl. The molecule has 0 bridgehead atoms. The van der Waals surface area contributed by atoms with Gasteiger partial charge in [0, 0.05) is 27.9 Å². The van der Waals surface area contributed by atoms with Crippen molar-refractivity contribution < 1.29 is 9.72 Å². The minimum atomic E-state index is -0.472. The lowest BCUT2D eigenvalue weighted by molar-refractivity contribution is -0.384. The van der Waals surface area contributed by atoms with E-state index in [1.54, 1.807) is 13.0 Å². The van der Waals surface area contributed by atoms with Gasteiger partial charge in [0.05, 0.1) is 9.95 Å². The second-order valence-corrected chi connectivity index (χ2v) is 7.24. The maximum Gasteiger partial charge on any atom is 0.269 e. The summed E-state index contributed by atoms with van der Waals surface area (Å²) in [6.07, 6.45) is 0. The van der Waals surface area contributed by atoms with E-state index in [0.717, 1.165) is 10.1 Å². The number of nitrogens with zero attached hydrogens (tertiary/aromatic N) is 1. The molecular formula is C17H12ClN3O3S2. The Morgan fingerprint density at radius 1 is 1.27 bits per heavy atom. The molecule has 0 aliphatic carbocycles.